The molecule has 20 heteroatoms. The van der Waals surface area contributed by atoms with E-state index in [9.17, 15) is 34.5 Å². The van der Waals surface area contributed by atoms with Gasteiger partial charge in [0, 0.05) is 75.8 Å². The Bertz CT molecular complexity index is 1410. The van der Waals surface area contributed by atoms with Crippen molar-refractivity contribution >= 4 is 14.5 Å². The van der Waals surface area contributed by atoms with Gasteiger partial charge in [0.25, 0.3) is 0 Å². The molecule has 4 aromatic heterocycles. The van der Waals surface area contributed by atoms with E-state index in [0.29, 0.717) is 0 Å². The third-order valence-electron chi connectivity index (χ3n) is 5.89. The summed E-state index contributed by atoms with van der Waals surface area (Å²) in [5.41, 5.74) is 5.24. The van der Waals surface area contributed by atoms with Crippen molar-refractivity contribution in [3.8, 4) is 0 Å². The van der Waals surface area contributed by atoms with Crippen molar-refractivity contribution in [2.75, 3.05) is 0 Å². The van der Waals surface area contributed by atoms with E-state index in [1.54, 1.807) is 24.8 Å². The molecule has 0 bridgehead atoms. The van der Waals surface area contributed by atoms with Crippen molar-refractivity contribution in [2.45, 2.75) is 26.2 Å². The fraction of sp³-hybridized carbons (Fsp3) is 0.143. The molecule has 0 saturated heterocycles. The van der Waals surface area contributed by atoms with Gasteiger partial charge < -0.3 is 52.8 Å². The quantitative estimate of drug-likeness (QED) is 0.123. The molecule has 0 radical (unpaired) electrons. The topological polar surface area (TPSA) is 71.3 Å². The summed E-state index contributed by atoms with van der Waals surface area (Å²) in [6.07, 6.45) is 22.5. The largest absolute Gasteiger partial charge is 1.00 e. The molecule has 264 valence electrons. The molecule has 8 nitrogen and oxygen atoms in total. The normalized spacial score (nSPS) is 10.5. The molecular formula is C28H28Ag2B2F8N8. The van der Waals surface area contributed by atoms with Crippen molar-refractivity contribution in [3.05, 3.63) is 146 Å². The number of hydrogen-bond acceptors (Lipinski definition) is 4. The van der Waals surface area contributed by atoms with Crippen molar-refractivity contribution < 1.29 is 79.3 Å². The zero-order valence-corrected chi connectivity index (χ0v) is 27.7. The SMILES string of the molecule is F[B-](F)(F)F.F[B-](F)(F)F.[Ag+].[Ag+].c1ccc(Cn2ccnc2)c(Cn2ccnc2)c1.c1ccc(Cn2ccnc2)c(Cn2ccnc2)c1. The van der Waals surface area contributed by atoms with Crippen LogP contribution < -0.4 is 0 Å². The van der Waals surface area contributed by atoms with Crippen LogP contribution in [-0.4, -0.2) is 52.7 Å². The van der Waals surface area contributed by atoms with Gasteiger partial charge in [-0.15, -0.1) is 0 Å². The summed E-state index contributed by atoms with van der Waals surface area (Å²) >= 11 is 0. The summed E-state index contributed by atoms with van der Waals surface area (Å²) in [7, 11) is -12.0. The number of nitrogens with zero attached hydrogens (tertiary/aromatic N) is 8. The third kappa shape index (κ3) is 18.6. The summed E-state index contributed by atoms with van der Waals surface area (Å²) in [5.74, 6) is 0. The number of benzene rings is 2. The molecule has 0 fully saturated rings. The van der Waals surface area contributed by atoms with Crippen LogP contribution in [0.5, 0.6) is 0 Å². The van der Waals surface area contributed by atoms with Crippen LogP contribution in [0.3, 0.4) is 0 Å². The van der Waals surface area contributed by atoms with Gasteiger partial charge in [-0.25, -0.2) is 19.9 Å². The van der Waals surface area contributed by atoms with Crippen LogP contribution in [0.15, 0.2) is 123 Å². The Morgan fingerprint density at radius 2 is 0.583 bits per heavy atom. The van der Waals surface area contributed by atoms with Gasteiger partial charge in [0.05, 0.1) is 25.3 Å². The first kappa shape index (κ1) is 42.4. The molecule has 0 N–H and O–H groups in total. The first-order chi connectivity index (χ1) is 21.8. The monoisotopic (exact) mass is 864 g/mol. The van der Waals surface area contributed by atoms with Gasteiger partial charge in [-0.1, -0.05) is 48.5 Å². The second-order valence-corrected chi connectivity index (χ2v) is 9.47. The van der Waals surface area contributed by atoms with Gasteiger partial charge in [0.2, 0.25) is 0 Å². The summed E-state index contributed by atoms with van der Waals surface area (Å²) in [6.45, 7) is 3.41. The summed E-state index contributed by atoms with van der Waals surface area (Å²) in [5, 5.41) is 0. The van der Waals surface area contributed by atoms with Crippen molar-refractivity contribution in [1.29, 1.82) is 0 Å². The Hall–Kier alpha value is -3.67. The molecule has 0 saturated carbocycles. The number of hydrogen-bond donors (Lipinski definition) is 0. The van der Waals surface area contributed by atoms with Crippen LogP contribution in [0.1, 0.15) is 22.3 Å². The van der Waals surface area contributed by atoms with Gasteiger partial charge >= 0.3 is 59.3 Å². The molecule has 0 aliphatic heterocycles. The van der Waals surface area contributed by atoms with Gasteiger partial charge in [-0.3, -0.25) is 0 Å². The smallest absolute Gasteiger partial charge is 0.418 e. The summed E-state index contributed by atoms with van der Waals surface area (Å²) in [6, 6.07) is 16.9. The van der Waals surface area contributed by atoms with Crippen LogP contribution in [-0.2, 0) is 70.9 Å². The third-order valence-corrected chi connectivity index (χ3v) is 5.89. The van der Waals surface area contributed by atoms with E-state index in [4.69, 9.17) is 0 Å². The van der Waals surface area contributed by atoms with Crippen molar-refractivity contribution in [3.63, 3.8) is 0 Å². The van der Waals surface area contributed by atoms with E-state index in [-0.39, 0.29) is 44.8 Å². The van der Waals surface area contributed by atoms with Crippen LogP contribution in [0.25, 0.3) is 0 Å². The number of halogens is 8. The van der Waals surface area contributed by atoms with Crippen LogP contribution >= 0.6 is 0 Å². The van der Waals surface area contributed by atoms with E-state index in [0.717, 1.165) is 26.2 Å². The van der Waals surface area contributed by atoms with Crippen LogP contribution in [0.4, 0.5) is 34.5 Å². The molecule has 0 unspecified atom stereocenters. The van der Waals surface area contributed by atoms with Crippen molar-refractivity contribution in [2.24, 2.45) is 0 Å². The minimum Gasteiger partial charge on any atom is -0.418 e. The van der Waals surface area contributed by atoms with Gasteiger partial charge in [0.15, 0.2) is 0 Å². The predicted molar refractivity (Wildman–Crippen MR) is 159 cm³/mol. The molecule has 48 heavy (non-hydrogen) atoms. The van der Waals surface area contributed by atoms with Crippen LogP contribution in [0, 0.1) is 0 Å². The fourth-order valence-electron chi connectivity index (χ4n) is 4.04. The average molecular weight is 866 g/mol. The second-order valence-electron chi connectivity index (χ2n) is 9.47. The Morgan fingerprint density at radius 1 is 0.396 bits per heavy atom. The number of imidazole rings is 4. The molecule has 4 heterocycles. The maximum absolute atomic E-state index is 9.75. The molecule has 0 aliphatic rings. The summed E-state index contributed by atoms with van der Waals surface area (Å²) in [4.78, 5) is 16.3. The zero-order chi connectivity index (χ0) is 33.4. The maximum atomic E-state index is 9.75. The van der Waals surface area contributed by atoms with E-state index in [2.05, 4.69) is 86.7 Å². The molecule has 6 rings (SSSR count). The van der Waals surface area contributed by atoms with Gasteiger partial charge in [0.1, 0.15) is 0 Å². The number of rotatable bonds is 8. The van der Waals surface area contributed by atoms with E-state index in [1.807, 2.05) is 50.1 Å². The predicted octanol–water partition coefficient (Wildman–Crippen LogP) is 6.95. The molecule has 0 aliphatic carbocycles. The Balaban J connectivity index is 0.000000365. The van der Waals surface area contributed by atoms with E-state index < -0.39 is 14.5 Å². The van der Waals surface area contributed by atoms with Gasteiger partial charge in [-0.05, 0) is 22.3 Å². The van der Waals surface area contributed by atoms with E-state index >= 15 is 0 Å². The molecule has 0 spiro atoms. The standard InChI is InChI=1S/2C14H14N4.2Ag.2BF4/c2*1-2-4-14(10-18-8-6-16-12-18)13(3-1)9-17-7-5-15-11-17;;;2*2-1(3,4)5/h2*1-8,11-12H,9-10H2;;;;/q;;2*+1;2*-1. The minimum atomic E-state index is -6.00. The van der Waals surface area contributed by atoms with Crippen LogP contribution in [0.2, 0.25) is 0 Å². The maximum Gasteiger partial charge on any atom is 1.00 e. The Morgan fingerprint density at radius 3 is 0.729 bits per heavy atom. The first-order valence-electron chi connectivity index (χ1n) is 13.5. The zero-order valence-electron chi connectivity index (χ0n) is 24.7. The molecule has 0 amide bonds. The fourth-order valence-corrected chi connectivity index (χ4v) is 4.04. The average Bonchev–Trinajstić information content (AvgIpc) is 3.79. The minimum absolute atomic E-state index is 0. The second kappa shape index (κ2) is 21.3. The molecule has 6 aromatic rings. The Kier molecular flexibility index (Phi) is 18.8. The first-order valence-corrected chi connectivity index (χ1v) is 13.5. The molecule has 2 aromatic carbocycles. The summed E-state index contributed by atoms with van der Waals surface area (Å²) < 4.78 is 86.3. The molecular weight excluding hydrogens is 838 g/mol. The van der Waals surface area contributed by atoms with Crippen molar-refractivity contribution in [1.82, 2.24) is 38.2 Å². The Labute approximate surface area is 302 Å². The number of aromatic nitrogens is 8. The van der Waals surface area contributed by atoms with Gasteiger partial charge in [-0.2, -0.15) is 0 Å². The van der Waals surface area contributed by atoms with E-state index in [1.165, 1.54) is 22.3 Å². The molecule has 0 atom stereocenters.